The Morgan fingerprint density at radius 2 is 1.19 bits per heavy atom. The molecule has 0 bridgehead atoms. The van der Waals surface area contributed by atoms with Crippen LogP contribution in [0.1, 0.15) is 83.3 Å². The molecule has 3 nitrogen and oxygen atoms in total. The van der Waals surface area contributed by atoms with Gasteiger partial charge in [0.15, 0.2) is 0 Å². The monoisotopic (exact) mass is 426 g/mol. The fraction of sp³-hybridized carbons (Fsp3) is 0.571. The van der Waals surface area contributed by atoms with Crippen LogP contribution in [0.15, 0.2) is 60.7 Å². The highest BCUT2D eigenvalue weighted by Gasteiger charge is 2.31. The molecular formula is C28H42O3. The smallest absolute Gasteiger partial charge is 0.0606 e. The molecule has 3 heteroatoms. The third-order valence-corrected chi connectivity index (χ3v) is 7.17. The van der Waals surface area contributed by atoms with Gasteiger partial charge in [-0.1, -0.05) is 100 Å². The van der Waals surface area contributed by atoms with E-state index in [0.29, 0.717) is 0 Å². The quantitative estimate of drug-likeness (QED) is 0.337. The van der Waals surface area contributed by atoms with Gasteiger partial charge in [-0.3, -0.25) is 0 Å². The summed E-state index contributed by atoms with van der Waals surface area (Å²) in [4.78, 5) is 0. The zero-order chi connectivity index (χ0) is 22.7. The van der Waals surface area contributed by atoms with E-state index in [1.807, 2.05) is 43.3 Å². The van der Waals surface area contributed by atoms with Gasteiger partial charge in [-0.2, -0.15) is 0 Å². The van der Waals surface area contributed by atoms with E-state index in [1.54, 1.807) is 0 Å². The Hall–Kier alpha value is -1.68. The molecule has 3 N–H and O–H groups in total. The minimum Gasteiger partial charge on any atom is -0.395 e. The molecular weight excluding hydrogens is 384 g/mol. The normalized spacial score (nSPS) is 17.5. The SMILES string of the molecule is CC(O)C(C)(CCCCC(O)CCCCC(C)(CO)c1ccccc1)c1ccccc1. The Morgan fingerprint density at radius 1 is 0.710 bits per heavy atom. The highest BCUT2D eigenvalue weighted by molar-refractivity contribution is 5.26. The van der Waals surface area contributed by atoms with Gasteiger partial charge >= 0.3 is 0 Å². The molecule has 0 fully saturated rings. The van der Waals surface area contributed by atoms with Crippen LogP contribution in [0.25, 0.3) is 0 Å². The maximum absolute atomic E-state index is 10.4. The molecule has 2 aromatic carbocycles. The molecule has 0 saturated carbocycles. The van der Waals surface area contributed by atoms with E-state index >= 15 is 0 Å². The van der Waals surface area contributed by atoms with Crippen LogP contribution in [-0.4, -0.2) is 34.1 Å². The largest absolute Gasteiger partial charge is 0.395 e. The van der Waals surface area contributed by atoms with Gasteiger partial charge in [-0.25, -0.2) is 0 Å². The van der Waals surface area contributed by atoms with Gasteiger partial charge in [0.25, 0.3) is 0 Å². The van der Waals surface area contributed by atoms with Crippen molar-refractivity contribution in [1.29, 1.82) is 0 Å². The first-order valence-electron chi connectivity index (χ1n) is 11.9. The van der Waals surface area contributed by atoms with E-state index in [4.69, 9.17) is 0 Å². The maximum Gasteiger partial charge on any atom is 0.0606 e. The summed E-state index contributed by atoms with van der Waals surface area (Å²) in [6, 6.07) is 20.5. The van der Waals surface area contributed by atoms with Crippen molar-refractivity contribution < 1.29 is 15.3 Å². The lowest BCUT2D eigenvalue weighted by molar-refractivity contribution is 0.0964. The lowest BCUT2D eigenvalue weighted by Crippen LogP contribution is -2.34. The molecule has 172 valence electrons. The van der Waals surface area contributed by atoms with Crippen molar-refractivity contribution >= 4 is 0 Å². The number of unbranched alkanes of at least 4 members (excludes halogenated alkanes) is 2. The lowest BCUT2D eigenvalue weighted by atomic mass is 9.74. The van der Waals surface area contributed by atoms with Crippen LogP contribution in [0.4, 0.5) is 0 Å². The van der Waals surface area contributed by atoms with Crippen LogP contribution in [0.5, 0.6) is 0 Å². The average Bonchev–Trinajstić information content (AvgIpc) is 2.80. The van der Waals surface area contributed by atoms with Gasteiger partial charge in [0.2, 0.25) is 0 Å². The third kappa shape index (κ3) is 7.45. The van der Waals surface area contributed by atoms with Gasteiger partial charge in [0, 0.05) is 10.8 Å². The van der Waals surface area contributed by atoms with Crippen molar-refractivity contribution in [3.8, 4) is 0 Å². The predicted octanol–water partition coefficient (Wildman–Crippen LogP) is 5.76. The summed E-state index contributed by atoms with van der Waals surface area (Å²) in [5.41, 5.74) is 1.89. The number of aliphatic hydroxyl groups excluding tert-OH is 3. The summed E-state index contributed by atoms with van der Waals surface area (Å²) < 4.78 is 0. The Morgan fingerprint density at radius 3 is 1.68 bits per heavy atom. The molecule has 0 aromatic heterocycles. The summed E-state index contributed by atoms with van der Waals surface area (Å²) in [5, 5.41) is 30.7. The predicted molar refractivity (Wildman–Crippen MR) is 129 cm³/mol. The maximum atomic E-state index is 10.4. The fourth-order valence-electron chi connectivity index (χ4n) is 4.48. The molecule has 2 rings (SSSR count). The lowest BCUT2D eigenvalue weighted by Gasteiger charge is -2.33. The van der Waals surface area contributed by atoms with Gasteiger partial charge < -0.3 is 15.3 Å². The molecule has 0 amide bonds. The summed E-state index contributed by atoms with van der Waals surface area (Å²) in [6.07, 6.45) is 6.69. The Bertz CT molecular complexity index is 730. The molecule has 4 atom stereocenters. The summed E-state index contributed by atoms with van der Waals surface area (Å²) in [6.45, 7) is 6.26. The first-order chi connectivity index (χ1) is 14.8. The fourth-order valence-corrected chi connectivity index (χ4v) is 4.48. The molecule has 0 aliphatic rings. The van der Waals surface area contributed by atoms with Crippen molar-refractivity contribution in [3.63, 3.8) is 0 Å². The van der Waals surface area contributed by atoms with Gasteiger partial charge in [0.05, 0.1) is 18.8 Å². The van der Waals surface area contributed by atoms with Crippen molar-refractivity contribution in [3.05, 3.63) is 71.8 Å². The van der Waals surface area contributed by atoms with E-state index in [9.17, 15) is 15.3 Å². The van der Waals surface area contributed by atoms with Gasteiger partial charge in [0.1, 0.15) is 0 Å². The molecule has 0 radical (unpaired) electrons. The van der Waals surface area contributed by atoms with E-state index in [1.165, 1.54) is 11.1 Å². The van der Waals surface area contributed by atoms with Crippen molar-refractivity contribution in [2.45, 2.75) is 95.2 Å². The Kier molecular flexibility index (Phi) is 10.2. The zero-order valence-corrected chi connectivity index (χ0v) is 19.6. The minimum atomic E-state index is -0.412. The molecule has 0 heterocycles. The molecule has 0 saturated heterocycles. The molecule has 4 unspecified atom stereocenters. The highest BCUT2D eigenvalue weighted by Crippen LogP contribution is 2.34. The standard InChI is InChI=1S/C28H42O3/c1-23(30)28(3,25-16-8-5-9-17-25)21-13-11-19-26(31)18-10-12-20-27(2,22-29)24-14-6-4-7-15-24/h4-9,14-17,23,26,29-31H,10-13,18-22H2,1-3H3. The second-order valence-electron chi connectivity index (χ2n) is 9.69. The molecule has 0 spiro atoms. The first-order valence-corrected chi connectivity index (χ1v) is 11.9. The van der Waals surface area contributed by atoms with Crippen LogP contribution in [-0.2, 0) is 10.8 Å². The number of hydrogen-bond acceptors (Lipinski definition) is 3. The number of rotatable bonds is 14. The van der Waals surface area contributed by atoms with E-state index in [2.05, 4.69) is 38.1 Å². The van der Waals surface area contributed by atoms with Crippen molar-refractivity contribution in [2.75, 3.05) is 6.61 Å². The zero-order valence-electron chi connectivity index (χ0n) is 19.6. The highest BCUT2D eigenvalue weighted by atomic mass is 16.3. The Labute approximate surface area is 189 Å². The van der Waals surface area contributed by atoms with Gasteiger partial charge in [-0.05, 0) is 43.7 Å². The Balaban J connectivity index is 1.69. The topological polar surface area (TPSA) is 60.7 Å². The van der Waals surface area contributed by atoms with Crippen LogP contribution >= 0.6 is 0 Å². The van der Waals surface area contributed by atoms with E-state index in [0.717, 1.165) is 51.4 Å². The second kappa shape index (κ2) is 12.4. The van der Waals surface area contributed by atoms with E-state index in [-0.39, 0.29) is 23.5 Å². The molecule has 0 aliphatic heterocycles. The summed E-state index contributed by atoms with van der Waals surface area (Å²) in [5.74, 6) is 0. The van der Waals surface area contributed by atoms with Crippen LogP contribution in [0.3, 0.4) is 0 Å². The number of hydrogen-bond donors (Lipinski definition) is 3. The summed E-state index contributed by atoms with van der Waals surface area (Å²) >= 11 is 0. The van der Waals surface area contributed by atoms with Crippen molar-refractivity contribution in [1.82, 2.24) is 0 Å². The molecule has 31 heavy (non-hydrogen) atoms. The average molecular weight is 427 g/mol. The number of aliphatic hydroxyl groups is 3. The first kappa shape index (κ1) is 25.6. The molecule has 0 aliphatic carbocycles. The van der Waals surface area contributed by atoms with E-state index < -0.39 is 6.10 Å². The van der Waals surface area contributed by atoms with Crippen LogP contribution < -0.4 is 0 Å². The van der Waals surface area contributed by atoms with Crippen LogP contribution in [0, 0.1) is 0 Å². The van der Waals surface area contributed by atoms with Gasteiger partial charge in [-0.15, -0.1) is 0 Å². The minimum absolute atomic E-state index is 0.142. The van der Waals surface area contributed by atoms with Crippen LogP contribution in [0.2, 0.25) is 0 Å². The summed E-state index contributed by atoms with van der Waals surface area (Å²) in [7, 11) is 0. The third-order valence-electron chi connectivity index (χ3n) is 7.17. The number of benzene rings is 2. The molecule has 2 aromatic rings. The second-order valence-corrected chi connectivity index (χ2v) is 9.69. The van der Waals surface area contributed by atoms with Crippen molar-refractivity contribution in [2.24, 2.45) is 0 Å².